The molecule has 0 unspecified atom stereocenters. The van der Waals surface area contributed by atoms with Crippen LogP contribution in [0, 0.1) is 0 Å². The zero-order valence-electron chi connectivity index (χ0n) is 7.19. The molecule has 0 aliphatic carbocycles. The minimum Gasteiger partial charge on any atom is -0.303 e. The molecule has 0 bridgehead atoms. The SMILES string of the molecule is CN(CCC=O)Cc1cccs1. The van der Waals surface area contributed by atoms with Crippen LogP contribution in [0.1, 0.15) is 11.3 Å². The third kappa shape index (κ3) is 3.15. The van der Waals surface area contributed by atoms with Gasteiger partial charge in [-0.25, -0.2) is 0 Å². The number of rotatable bonds is 5. The monoisotopic (exact) mass is 183 g/mol. The van der Waals surface area contributed by atoms with Crippen LogP contribution in [0.5, 0.6) is 0 Å². The van der Waals surface area contributed by atoms with Crippen LogP contribution in [0.3, 0.4) is 0 Å². The first-order valence-corrected chi connectivity index (χ1v) is 4.85. The summed E-state index contributed by atoms with van der Waals surface area (Å²) in [5, 5.41) is 2.07. The molecule has 0 radical (unpaired) electrons. The molecule has 12 heavy (non-hydrogen) atoms. The van der Waals surface area contributed by atoms with Crippen LogP contribution >= 0.6 is 11.3 Å². The number of hydrogen-bond acceptors (Lipinski definition) is 3. The van der Waals surface area contributed by atoms with Crippen molar-refractivity contribution in [2.45, 2.75) is 13.0 Å². The molecule has 0 fully saturated rings. The van der Waals surface area contributed by atoms with Crippen LogP contribution in [0.15, 0.2) is 17.5 Å². The summed E-state index contributed by atoms with van der Waals surface area (Å²) in [5.41, 5.74) is 0. The molecule has 1 heterocycles. The Morgan fingerprint density at radius 2 is 2.50 bits per heavy atom. The predicted octanol–water partition coefficient (Wildman–Crippen LogP) is 1.77. The lowest BCUT2D eigenvalue weighted by atomic mass is 10.4. The standard InChI is InChI=1S/C9H13NOS/c1-10(5-3-6-11)8-9-4-2-7-12-9/h2,4,6-7H,3,5,8H2,1H3. The van der Waals surface area contributed by atoms with Gasteiger partial charge in [-0.15, -0.1) is 11.3 Å². The molecule has 1 rings (SSSR count). The van der Waals surface area contributed by atoms with E-state index < -0.39 is 0 Å². The second kappa shape index (κ2) is 5.06. The number of carbonyl (C=O) groups is 1. The number of nitrogens with zero attached hydrogens (tertiary/aromatic N) is 1. The van der Waals surface area contributed by atoms with Crippen molar-refractivity contribution < 1.29 is 4.79 Å². The van der Waals surface area contributed by atoms with E-state index >= 15 is 0 Å². The van der Waals surface area contributed by atoms with Gasteiger partial charge in [0.05, 0.1) is 0 Å². The Bertz CT molecular complexity index is 220. The highest BCUT2D eigenvalue weighted by atomic mass is 32.1. The quantitative estimate of drug-likeness (QED) is 0.648. The van der Waals surface area contributed by atoms with Crippen LogP contribution in [-0.4, -0.2) is 24.8 Å². The molecule has 3 heteroatoms. The van der Waals surface area contributed by atoms with Crippen LogP contribution < -0.4 is 0 Å². The molecule has 66 valence electrons. The molecule has 0 aliphatic heterocycles. The van der Waals surface area contributed by atoms with E-state index in [1.54, 1.807) is 11.3 Å². The van der Waals surface area contributed by atoms with Crippen LogP contribution in [0.4, 0.5) is 0 Å². The fourth-order valence-corrected chi connectivity index (χ4v) is 1.80. The Morgan fingerprint density at radius 3 is 3.08 bits per heavy atom. The largest absolute Gasteiger partial charge is 0.303 e. The van der Waals surface area contributed by atoms with E-state index in [4.69, 9.17) is 0 Å². The van der Waals surface area contributed by atoms with Crippen molar-refractivity contribution in [3.63, 3.8) is 0 Å². The second-order valence-corrected chi connectivity index (χ2v) is 3.80. The van der Waals surface area contributed by atoms with Crippen LogP contribution in [-0.2, 0) is 11.3 Å². The van der Waals surface area contributed by atoms with E-state index in [0.717, 1.165) is 19.4 Å². The second-order valence-electron chi connectivity index (χ2n) is 2.77. The third-order valence-electron chi connectivity index (χ3n) is 1.63. The molecule has 1 aromatic rings. The maximum absolute atomic E-state index is 10.1. The molecule has 2 nitrogen and oxygen atoms in total. The summed E-state index contributed by atoms with van der Waals surface area (Å²) in [5.74, 6) is 0. The molecule has 0 saturated heterocycles. The summed E-state index contributed by atoms with van der Waals surface area (Å²) in [4.78, 5) is 13.6. The molecular formula is C9H13NOS. The van der Waals surface area contributed by atoms with E-state index in [1.807, 2.05) is 13.1 Å². The molecule has 0 N–H and O–H groups in total. The molecular weight excluding hydrogens is 170 g/mol. The van der Waals surface area contributed by atoms with Crippen molar-refractivity contribution in [3.05, 3.63) is 22.4 Å². The predicted molar refractivity (Wildman–Crippen MR) is 51.3 cm³/mol. The fraction of sp³-hybridized carbons (Fsp3) is 0.444. The smallest absolute Gasteiger partial charge is 0.121 e. The van der Waals surface area contributed by atoms with Gasteiger partial charge in [0.15, 0.2) is 0 Å². The highest BCUT2D eigenvalue weighted by Crippen LogP contribution is 2.10. The van der Waals surface area contributed by atoms with Crippen molar-refractivity contribution in [3.8, 4) is 0 Å². The van der Waals surface area contributed by atoms with Gasteiger partial charge in [-0.1, -0.05) is 6.07 Å². The molecule has 0 aliphatic rings. The summed E-state index contributed by atoms with van der Waals surface area (Å²) in [6, 6.07) is 4.16. The topological polar surface area (TPSA) is 20.3 Å². The lowest BCUT2D eigenvalue weighted by Gasteiger charge is -2.12. The van der Waals surface area contributed by atoms with Crippen molar-refractivity contribution in [1.82, 2.24) is 4.90 Å². The highest BCUT2D eigenvalue weighted by molar-refractivity contribution is 7.09. The minimum absolute atomic E-state index is 0.627. The van der Waals surface area contributed by atoms with Crippen LogP contribution in [0.2, 0.25) is 0 Å². The Hall–Kier alpha value is -0.670. The fourth-order valence-electron chi connectivity index (χ4n) is 1.02. The van der Waals surface area contributed by atoms with Crippen molar-refractivity contribution in [1.29, 1.82) is 0 Å². The maximum atomic E-state index is 10.1. The highest BCUT2D eigenvalue weighted by Gasteiger charge is 1.99. The number of thiophene rings is 1. The van der Waals surface area contributed by atoms with E-state index in [2.05, 4.69) is 16.3 Å². The van der Waals surface area contributed by atoms with Gasteiger partial charge >= 0.3 is 0 Å². The van der Waals surface area contributed by atoms with Crippen LogP contribution in [0.25, 0.3) is 0 Å². The van der Waals surface area contributed by atoms with E-state index in [1.165, 1.54) is 4.88 Å². The number of carbonyl (C=O) groups excluding carboxylic acids is 1. The van der Waals surface area contributed by atoms with Gasteiger partial charge in [0, 0.05) is 24.4 Å². The van der Waals surface area contributed by atoms with Gasteiger partial charge in [-0.3, -0.25) is 0 Å². The molecule has 0 atom stereocenters. The summed E-state index contributed by atoms with van der Waals surface area (Å²) < 4.78 is 0. The van der Waals surface area contributed by atoms with E-state index in [9.17, 15) is 4.79 Å². The number of hydrogen-bond donors (Lipinski definition) is 0. The van der Waals surface area contributed by atoms with Crippen molar-refractivity contribution in [2.75, 3.05) is 13.6 Å². The Balaban J connectivity index is 2.26. The first kappa shape index (κ1) is 9.42. The van der Waals surface area contributed by atoms with Gasteiger partial charge in [-0.05, 0) is 18.5 Å². The van der Waals surface area contributed by atoms with Gasteiger partial charge in [-0.2, -0.15) is 0 Å². The zero-order valence-corrected chi connectivity index (χ0v) is 8.01. The van der Waals surface area contributed by atoms with Crippen molar-refractivity contribution >= 4 is 17.6 Å². The van der Waals surface area contributed by atoms with Crippen molar-refractivity contribution in [2.24, 2.45) is 0 Å². The average Bonchev–Trinajstić information content (AvgIpc) is 2.53. The Kier molecular flexibility index (Phi) is 3.97. The zero-order chi connectivity index (χ0) is 8.81. The molecule has 1 aromatic heterocycles. The van der Waals surface area contributed by atoms with Gasteiger partial charge in [0.1, 0.15) is 6.29 Å². The maximum Gasteiger partial charge on any atom is 0.121 e. The molecule has 0 spiro atoms. The molecule has 0 aromatic carbocycles. The first-order valence-electron chi connectivity index (χ1n) is 3.97. The summed E-state index contributed by atoms with van der Waals surface area (Å²) in [7, 11) is 2.03. The molecule has 0 saturated carbocycles. The Morgan fingerprint density at radius 1 is 1.67 bits per heavy atom. The molecule has 0 amide bonds. The minimum atomic E-state index is 0.627. The lowest BCUT2D eigenvalue weighted by molar-refractivity contribution is -0.108. The lowest BCUT2D eigenvalue weighted by Crippen LogP contribution is -2.18. The van der Waals surface area contributed by atoms with E-state index in [0.29, 0.717) is 6.42 Å². The normalized spacial score (nSPS) is 10.5. The summed E-state index contributed by atoms with van der Waals surface area (Å²) >= 11 is 1.75. The third-order valence-corrected chi connectivity index (χ3v) is 2.50. The first-order chi connectivity index (χ1) is 5.83. The Labute approximate surface area is 76.8 Å². The van der Waals surface area contributed by atoms with Gasteiger partial charge in [0.2, 0.25) is 0 Å². The average molecular weight is 183 g/mol. The number of aldehydes is 1. The van der Waals surface area contributed by atoms with E-state index in [-0.39, 0.29) is 0 Å². The van der Waals surface area contributed by atoms with Gasteiger partial charge < -0.3 is 9.69 Å². The summed E-state index contributed by atoms with van der Waals surface area (Å²) in [6.07, 6.45) is 1.59. The van der Waals surface area contributed by atoms with Gasteiger partial charge in [0.25, 0.3) is 0 Å². The summed E-state index contributed by atoms with van der Waals surface area (Å²) in [6.45, 7) is 1.80.